The number of aromatic nitrogens is 5. The topological polar surface area (TPSA) is 135 Å². The van der Waals surface area contributed by atoms with Crippen molar-refractivity contribution in [2.45, 2.75) is 13.5 Å². The number of hydrogen-bond acceptors (Lipinski definition) is 9. The summed E-state index contributed by atoms with van der Waals surface area (Å²) >= 11 is 0. The maximum Gasteiger partial charge on any atom is 0.269 e. The molecule has 156 valence electrons. The van der Waals surface area contributed by atoms with Crippen LogP contribution in [0.2, 0.25) is 0 Å². The summed E-state index contributed by atoms with van der Waals surface area (Å²) in [4.78, 5) is 35.4. The molecule has 0 unspecified atom stereocenters. The van der Waals surface area contributed by atoms with Crippen molar-refractivity contribution in [3.05, 3.63) is 40.7 Å². The first-order valence-electron chi connectivity index (χ1n) is 9.61. The van der Waals surface area contributed by atoms with Crippen molar-refractivity contribution in [2.24, 2.45) is 0 Å². The predicted octanol–water partition coefficient (Wildman–Crippen LogP) is 0.910. The first kappa shape index (κ1) is 19.6. The van der Waals surface area contributed by atoms with E-state index in [-0.39, 0.29) is 18.1 Å². The number of non-ortho nitro benzene ring substituents is 1. The Morgan fingerprint density at radius 1 is 1.17 bits per heavy atom. The highest BCUT2D eigenvalue weighted by Gasteiger charge is 2.23. The Balaban J connectivity index is 1.33. The van der Waals surface area contributed by atoms with Crippen molar-refractivity contribution < 1.29 is 9.72 Å². The summed E-state index contributed by atoms with van der Waals surface area (Å²) in [5, 5.41) is 21.8. The molecule has 1 aliphatic rings. The van der Waals surface area contributed by atoms with Crippen LogP contribution in [0.5, 0.6) is 0 Å². The van der Waals surface area contributed by atoms with Gasteiger partial charge in [0.1, 0.15) is 6.33 Å². The minimum absolute atomic E-state index is 0.0121. The third-order valence-electron chi connectivity index (χ3n) is 4.98. The molecule has 0 radical (unpaired) electrons. The Kier molecular flexibility index (Phi) is 5.48. The summed E-state index contributed by atoms with van der Waals surface area (Å²) < 4.78 is 1.74. The zero-order valence-electron chi connectivity index (χ0n) is 16.4. The van der Waals surface area contributed by atoms with Gasteiger partial charge in [0.05, 0.1) is 11.5 Å². The third-order valence-corrected chi connectivity index (χ3v) is 4.98. The van der Waals surface area contributed by atoms with Crippen LogP contribution in [0.1, 0.15) is 6.92 Å². The lowest BCUT2D eigenvalue weighted by atomic mass is 10.2. The highest BCUT2D eigenvalue weighted by molar-refractivity contribution is 5.92. The lowest BCUT2D eigenvalue weighted by Crippen LogP contribution is -2.49. The van der Waals surface area contributed by atoms with E-state index in [9.17, 15) is 14.9 Å². The number of piperazine rings is 1. The number of aryl methyl sites for hydroxylation is 1. The van der Waals surface area contributed by atoms with E-state index >= 15 is 0 Å². The highest BCUT2D eigenvalue weighted by atomic mass is 16.6. The number of nitro groups is 1. The minimum Gasteiger partial charge on any atom is -0.352 e. The Morgan fingerprint density at radius 3 is 2.57 bits per heavy atom. The fraction of sp³-hybridized carbons (Fsp3) is 0.389. The highest BCUT2D eigenvalue weighted by Crippen LogP contribution is 2.21. The maximum absolute atomic E-state index is 12.3. The van der Waals surface area contributed by atoms with Crippen LogP contribution in [-0.2, 0) is 11.3 Å². The SMILES string of the molecule is CCn1nnc2c(N3CCN(CC(=O)Nc4ccc([N+](=O)[O-])cc4)CC3)ncnc21. The number of nitro benzene ring substituents is 1. The molecule has 0 bridgehead atoms. The first-order chi connectivity index (χ1) is 14.5. The van der Waals surface area contributed by atoms with Gasteiger partial charge < -0.3 is 10.2 Å². The fourth-order valence-electron chi connectivity index (χ4n) is 3.41. The fourth-order valence-corrected chi connectivity index (χ4v) is 3.41. The van der Waals surface area contributed by atoms with Crippen molar-refractivity contribution in [3.8, 4) is 0 Å². The van der Waals surface area contributed by atoms with Gasteiger partial charge in [-0.2, -0.15) is 0 Å². The Morgan fingerprint density at radius 2 is 1.90 bits per heavy atom. The Hall–Kier alpha value is -3.67. The summed E-state index contributed by atoms with van der Waals surface area (Å²) in [6, 6.07) is 5.78. The number of rotatable bonds is 6. The van der Waals surface area contributed by atoms with Crippen molar-refractivity contribution in [1.82, 2.24) is 29.9 Å². The second-order valence-electron chi connectivity index (χ2n) is 6.89. The molecule has 2 aromatic heterocycles. The van der Waals surface area contributed by atoms with E-state index < -0.39 is 4.92 Å². The molecular weight excluding hydrogens is 390 g/mol. The molecule has 0 spiro atoms. The van der Waals surface area contributed by atoms with Crippen LogP contribution in [0.3, 0.4) is 0 Å². The zero-order chi connectivity index (χ0) is 21.1. The predicted molar refractivity (Wildman–Crippen MR) is 109 cm³/mol. The standard InChI is InChI=1S/C18H21N9O3/c1-2-26-18-16(22-23-26)17(19-12-20-18)25-9-7-24(8-10-25)11-15(28)21-13-3-5-14(6-4-13)27(29)30/h3-6,12H,2,7-11H2,1H3,(H,21,28). The summed E-state index contributed by atoms with van der Waals surface area (Å²) in [6.45, 7) is 5.71. The van der Waals surface area contributed by atoms with Crippen LogP contribution in [0.4, 0.5) is 17.2 Å². The zero-order valence-corrected chi connectivity index (χ0v) is 16.4. The van der Waals surface area contributed by atoms with Crippen molar-refractivity contribution in [3.63, 3.8) is 0 Å². The molecule has 0 atom stereocenters. The molecule has 0 saturated carbocycles. The van der Waals surface area contributed by atoms with Crippen molar-refractivity contribution >= 4 is 34.3 Å². The number of hydrogen-bond donors (Lipinski definition) is 1. The number of nitrogens with one attached hydrogen (secondary N) is 1. The van der Waals surface area contributed by atoms with Crippen molar-refractivity contribution in [1.29, 1.82) is 0 Å². The van der Waals surface area contributed by atoms with Gasteiger partial charge >= 0.3 is 0 Å². The summed E-state index contributed by atoms with van der Waals surface area (Å²) in [6.07, 6.45) is 1.53. The number of anilines is 2. The molecule has 4 rings (SSSR count). The van der Waals surface area contributed by atoms with Crippen LogP contribution in [-0.4, -0.2) is 73.4 Å². The van der Waals surface area contributed by atoms with Gasteiger partial charge in [0.15, 0.2) is 17.0 Å². The normalized spacial score (nSPS) is 14.8. The average Bonchev–Trinajstić information content (AvgIpc) is 3.18. The molecule has 3 aromatic rings. The largest absolute Gasteiger partial charge is 0.352 e. The molecule has 1 aromatic carbocycles. The van der Waals surface area contributed by atoms with Gasteiger partial charge in [0.25, 0.3) is 5.69 Å². The molecule has 1 amide bonds. The molecule has 1 fully saturated rings. The van der Waals surface area contributed by atoms with Gasteiger partial charge in [-0.05, 0) is 19.1 Å². The Bertz CT molecular complexity index is 1060. The molecule has 12 heteroatoms. The molecule has 1 saturated heterocycles. The van der Waals surface area contributed by atoms with Crippen LogP contribution < -0.4 is 10.2 Å². The van der Waals surface area contributed by atoms with E-state index in [0.29, 0.717) is 49.6 Å². The second kappa shape index (κ2) is 8.37. The monoisotopic (exact) mass is 411 g/mol. The molecule has 0 aliphatic carbocycles. The second-order valence-corrected chi connectivity index (χ2v) is 6.89. The maximum atomic E-state index is 12.3. The van der Waals surface area contributed by atoms with Crippen LogP contribution in [0.15, 0.2) is 30.6 Å². The lowest BCUT2D eigenvalue weighted by molar-refractivity contribution is -0.384. The number of carbonyl (C=O) groups excluding carboxylic acids is 1. The van der Waals surface area contributed by atoms with Crippen LogP contribution >= 0.6 is 0 Å². The van der Waals surface area contributed by atoms with Crippen molar-refractivity contribution in [2.75, 3.05) is 42.9 Å². The number of fused-ring (bicyclic) bond motifs is 1. The number of amides is 1. The number of carbonyl (C=O) groups is 1. The van der Waals surface area contributed by atoms with Crippen LogP contribution in [0, 0.1) is 10.1 Å². The van der Waals surface area contributed by atoms with E-state index in [2.05, 4.69) is 35.4 Å². The lowest BCUT2D eigenvalue weighted by Gasteiger charge is -2.34. The third kappa shape index (κ3) is 4.03. The smallest absolute Gasteiger partial charge is 0.269 e. The van der Waals surface area contributed by atoms with E-state index in [1.807, 2.05) is 6.92 Å². The number of nitrogens with zero attached hydrogens (tertiary/aromatic N) is 8. The number of benzene rings is 1. The van der Waals surface area contributed by atoms with E-state index in [4.69, 9.17) is 0 Å². The Labute approximate surface area is 171 Å². The molecular formula is C18H21N9O3. The average molecular weight is 411 g/mol. The van der Waals surface area contributed by atoms with E-state index in [1.54, 1.807) is 4.68 Å². The van der Waals surface area contributed by atoms with Gasteiger partial charge in [-0.15, -0.1) is 5.10 Å². The molecule has 30 heavy (non-hydrogen) atoms. The van der Waals surface area contributed by atoms with Crippen LogP contribution in [0.25, 0.3) is 11.2 Å². The molecule has 1 N–H and O–H groups in total. The van der Waals surface area contributed by atoms with Gasteiger partial charge in [0, 0.05) is 50.5 Å². The molecule has 1 aliphatic heterocycles. The summed E-state index contributed by atoms with van der Waals surface area (Å²) in [5.74, 6) is 0.599. The quantitative estimate of drug-likeness (QED) is 0.464. The summed E-state index contributed by atoms with van der Waals surface area (Å²) in [5.41, 5.74) is 1.92. The first-order valence-corrected chi connectivity index (χ1v) is 9.61. The minimum atomic E-state index is -0.473. The van der Waals surface area contributed by atoms with Gasteiger partial charge in [-0.1, -0.05) is 5.21 Å². The molecule has 12 nitrogen and oxygen atoms in total. The van der Waals surface area contributed by atoms with E-state index in [1.165, 1.54) is 30.6 Å². The van der Waals surface area contributed by atoms with Gasteiger partial charge in [-0.3, -0.25) is 19.8 Å². The van der Waals surface area contributed by atoms with E-state index in [0.717, 1.165) is 5.82 Å². The summed E-state index contributed by atoms with van der Waals surface area (Å²) in [7, 11) is 0. The van der Waals surface area contributed by atoms with Gasteiger partial charge in [-0.25, -0.2) is 14.6 Å². The van der Waals surface area contributed by atoms with Gasteiger partial charge in [0.2, 0.25) is 5.91 Å². The molecule has 3 heterocycles.